The Labute approximate surface area is 104 Å². The van der Waals surface area contributed by atoms with E-state index < -0.39 is 0 Å². The summed E-state index contributed by atoms with van der Waals surface area (Å²) in [6.45, 7) is 2.41. The van der Waals surface area contributed by atoms with E-state index in [1.807, 2.05) is 18.4 Å². The van der Waals surface area contributed by atoms with Gasteiger partial charge in [0, 0.05) is 11.8 Å². The quantitative estimate of drug-likeness (QED) is 0.885. The Hall–Kier alpha value is -1.62. The lowest BCUT2D eigenvalue weighted by atomic mass is 10.2. The van der Waals surface area contributed by atoms with Gasteiger partial charge in [-0.15, -0.1) is 11.3 Å². The van der Waals surface area contributed by atoms with Crippen LogP contribution in [-0.4, -0.2) is 10.9 Å². The molecule has 17 heavy (non-hydrogen) atoms. The van der Waals surface area contributed by atoms with Gasteiger partial charge in [0.2, 0.25) is 5.91 Å². The topological polar surface area (TPSA) is 55.1 Å². The SMILES string of the molecule is Cc1nc(CCC(=O)NCc2ccco2)cs1. The van der Waals surface area contributed by atoms with E-state index >= 15 is 0 Å². The summed E-state index contributed by atoms with van der Waals surface area (Å²) >= 11 is 1.61. The normalized spacial score (nSPS) is 10.4. The fraction of sp³-hybridized carbons (Fsp3) is 0.333. The van der Waals surface area contributed by atoms with Gasteiger partial charge in [-0.05, 0) is 25.5 Å². The van der Waals surface area contributed by atoms with Crippen LogP contribution >= 0.6 is 11.3 Å². The lowest BCUT2D eigenvalue weighted by molar-refractivity contribution is -0.121. The number of hydrogen-bond acceptors (Lipinski definition) is 4. The molecule has 4 nitrogen and oxygen atoms in total. The molecule has 2 aromatic heterocycles. The molecular formula is C12H14N2O2S. The maximum Gasteiger partial charge on any atom is 0.220 e. The molecule has 0 spiro atoms. The van der Waals surface area contributed by atoms with Crippen molar-refractivity contribution in [3.05, 3.63) is 40.2 Å². The molecular weight excluding hydrogens is 236 g/mol. The van der Waals surface area contributed by atoms with Crippen molar-refractivity contribution in [2.24, 2.45) is 0 Å². The van der Waals surface area contributed by atoms with E-state index in [0.717, 1.165) is 16.5 Å². The number of aryl methyl sites for hydroxylation is 2. The second kappa shape index (κ2) is 5.63. The summed E-state index contributed by atoms with van der Waals surface area (Å²) in [5, 5.41) is 5.84. The average molecular weight is 250 g/mol. The molecule has 0 aliphatic rings. The maximum atomic E-state index is 11.5. The van der Waals surface area contributed by atoms with Crippen molar-refractivity contribution in [2.75, 3.05) is 0 Å². The number of aromatic nitrogens is 1. The summed E-state index contributed by atoms with van der Waals surface area (Å²) < 4.78 is 5.12. The number of rotatable bonds is 5. The monoisotopic (exact) mass is 250 g/mol. The number of furan rings is 1. The van der Waals surface area contributed by atoms with Gasteiger partial charge in [0.25, 0.3) is 0 Å². The van der Waals surface area contributed by atoms with Crippen LogP contribution < -0.4 is 5.32 Å². The number of hydrogen-bond donors (Lipinski definition) is 1. The van der Waals surface area contributed by atoms with Crippen molar-refractivity contribution in [3.8, 4) is 0 Å². The molecule has 0 saturated heterocycles. The Morgan fingerprint density at radius 1 is 1.59 bits per heavy atom. The molecule has 0 radical (unpaired) electrons. The summed E-state index contributed by atoms with van der Waals surface area (Å²) in [5.41, 5.74) is 0.987. The van der Waals surface area contributed by atoms with E-state index in [0.29, 0.717) is 19.4 Å². The molecule has 0 bridgehead atoms. The highest BCUT2D eigenvalue weighted by Gasteiger charge is 2.05. The van der Waals surface area contributed by atoms with Gasteiger partial charge in [-0.2, -0.15) is 0 Å². The number of nitrogens with one attached hydrogen (secondary N) is 1. The van der Waals surface area contributed by atoms with Crippen LogP contribution in [-0.2, 0) is 17.8 Å². The van der Waals surface area contributed by atoms with Crippen molar-refractivity contribution >= 4 is 17.2 Å². The standard InChI is InChI=1S/C12H14N2O2S/c1-9-14-10(8-17-9)4-5-12(15)13-7-11-3-2-6-16-11/h2-3,6,8H,4-5,7H2,1H3,(H,13,15). The lowest BCUT2D eigenvalue weighted by Gasteiger charge is -2.01. The molecule has 90 valence electrons. The number of amides is 1. The van der Waals surface area contributed by atoms with E-state index in [1.165, 1.54) is 0 Å². The number of thiazole rings is 1. The van der Waals surface area contributed by atoms with Gasteiger partial charge in [-0.1, -0.05) is 0 Å². The third-order valence-corrected chi connectivity index (χ3v) is 3.14. The Bertz CT molecular complexity index is 476. The highest BCUT2D eigenvalue weighted by atomic mass is 32.1. The zero-order valence-electron chi connectivity index (χ0n) is 9.60. The molecule has 0 aliphatic carbocycles. The lowest BCUT2D eigenvalue weighted by Crippen LogP contribution is -2.22. The highest BCUT2D eigenvalue weighted by molar-refractivity contribution is 7.09. The molecule has 1 amide bonds. The number of carbonyl (C=O) groups is 1. The van der Waals surface area contributed by atoms with Gasteiger partial charge in [-0.25, -0.2) is 4.98 Å². The molecule has 2 heterocycles. The molecule has 2 aromatic rings. The van der Waals surface area contributed by atoms with Gasteiger partial charge in [-0.3, -0.25) is 4.79 Å². The minimum Gasteiger partial charge on any atom is -0.467 e. The van der Waals surface area contributed by atoms with Gasteiger partial charge in [0.05, 0.1) is 23.5 Å². The summed E-state index contributed by atoms with van der Waals surface area (Å²) in [4.78, 5) is 15.9. The second-order valence-electron chi connectivity index (χ2n) is 3.71. The van der Waals surface area contributed by atoms with Crippen molar-refractivity contribution in [1.29, 1.82) is 0 Å². The van der Waals surface area contributed by atoms with Gasteiger partial charge >= 0.3 is 0 Å². The Balaban J connectivity index is 1.71. The van der Waals surface area contributed by atoms with Gasteiger partial charge in [0.1, 0.15) is 5.76 Å². The molecule has 0 aromatic carbocycles. The van der Waals surface area contributed by atoms with Crippen LogP contribution in [0, 0.1) is 6.92 Å². The summed E-state index contributed by atoms with van der Waals surface area (Å²) in [6, 6.07) is 3.64. The van der Waals surface area contributed by atoms with E-state index in [9.17, 15) is 4.79 Å². The average Bonchev–Trinajstić information content (AvgIpc) is 2.95. The minimum absolute atomic E-state index is 0.0204. The first-order valence-electron chi connectivity index (χ1n) is 5.44. The molecule has 0 unspecified atom stereocenters. The molecule has 0 aliphatic heterocycles. The Kier molecular flexibility index (Phi) is 3.93. The molecule has 0 fully saturated rings. The first-order valence-corrected chi connectivity index (χ1v) is 6.32. The maximum absolute atomic E-state index is 11.5. The van der Waals surface area contributed by atoms with E-state index in [4.69, 9.17) is 4.42 Å². The smallest absolute Gasteiger partial charge is 0.220 e. The number of nitrogens with zero attached hydrogens (tertiary/aromatic N) is 1. The third-order valence-electron chi connectivity index (χ3n) is 2.31. The fourth-order valence-corrected chi connectivity index (χ4v) is 2.10. The van der Waals surface area contributed by atoms with Crippen molar-refractivity contribution in [1.82, 2.24) is 10.3 Å². The van der Waals surface area contributed by atoms with Crippen LogP contribution in [0.25, 0.3) is 0 Å². The van der Waals surface area contributed by atoms with E-state index in [1.54, 1.807) is 23.7 Å². The van der Waals surface area contributed by atoms with E-state index in [2.05, 4.69) is 10.3 Å². The molecule has 1 N–H and O–H groups in total. The van der Waals surface area contributed by atoms with Crippen molar-refractivity contribution in [3.63, 3.8) is 0 Å². The van der Waals surface area contributed by atoms with Crippen LogP contribution in [0.1, 0.15) is 22.9 Å². The van der Waals surface area contributed by atoms with Crippen LogP contribution in [0.4, 0.5) is 0 Å². The van der Waals surface area contributed by atoms with Crippen LogP contribution in [0.5, 0.6) is 0 Å². The van der Waals surface area contributed by atoms with Gasteiger partial charge in [0.15, 0.2) is 0 Å². The summed E-state index contributed by atoms with van der Waals surface area (Å²) in [5.74, 6) is 0.787. The first-order chi connectivity index (χ1) is 8.24. The van der Waals surface area contributed by atoms with Crippen molar-refractivity contribution in [2.45, 2.75) is 26.3 Å². The molecule has 5 heteroatoms. The predicted molar refractivity (Wildman–Crippen MR) is 65.7 cm³/mol. The summed E-state index contributed by atoms with van der Waals surface area (Å²) in [7, 11) is 0. The minimum atomic E-state index is 0.0204. The summed E-state index contributed by atoms with van der Waals surface area (Å²) in [6.07, 6.45) is 2.75. The third kappa shape index (κ3) is 3.71. The van der Waals surface area contributed by atoms with Crippen LogP contribution in [0.15, 0.2) is 28.2 Å². The second-order valence-corrected chi connectivity index (χ2v) is 4.78. The highest BCUT2D eigenvalue weighted by Crippen LogP contribution is 2.09. The zero-order chi connectivity index (χ0) is 12.1. The fourth-order valence-electron chi connectivity index (χ4n) is 1.45. The largest absolute Gasteiger partial charge is 0.467 e. The predicted octanol–water partition coefficient (Wildman–Crippen LogP) is 2.29. The molecule has 2 rings (SSSR count). The molecule has 0 atom stereocenters. The molecule has 0 saturated carbocycles. The van der Waals surface area contributed by atoms with Crippen molar-refractivity contribution < 1.29 is 9.21 Å². The number of carbonyl (C=O) groups excluding carboxylic acids is 1. The van der Waals surface area contributed by atoms with E-state index in [-0.39, 0.29) is 5.91 Å². The first kappa shape index (κ1) is 11.9. The Morgan fingerprint density at radius 2 is 2.47 bits per heavy atom. The van der Waals surface area contributed by atoms with Crippen LogP contribution in [0.2, 0.25) is 0 Å². The van der Waals surface area contributed by atoms with Crippen LogP contribution in [0.3, 0.4) is 0 Å². The zero-order valence-corrected chi connectivity index (χ0v) is 10.4. The Morgan fingerprint density at radius 3 is 3.12 bits per heavy atom. The van der Waals surface area contributed by atoms with Gasteiger partial charge < -0.3 is 9.73 Å².